The van der Waals surface area contributed by atoms with Gasteiger partial charge in [0.1, 0.15) is 0 Å². The Morgan fingerprint density at radius 3 is 2.17 bits per heavy atom. The second-order valence-corrected chi connectivity index (χ2v) is 12.6. The lowest BCUT2D eigenvalue weighted by atomic mass is 9.94. The molecule has 0 aromatic heterocycles. The second-order valence-electron chi connectivity index (χ2n) is 9.78. The number of aryl methyl sites for hydroxylation is 1. The van der Waals surface area contributed by atoms with Crippen LogP contribution in [0.3, 0.4) is 0 Å². The number of nitrogens with zero attached hydrogens (tertiary/aromatic N) is 1. The van der Waals surface area contributed by atoms with E-state index in [1.165, 1.54) is 11.3 Å². The van der Waals surface area contributed by atoms with E-state index >= 15 is 0 Å². The van der Waals surface area contributed by atoms with E-state index in [2.05, 4.69) is 43.0 Å². The molecule has 0 saturated carbocycles. The molecule has 0 N–H and O–H groups in total. The van der Waals surface area contributed by atoms with Crippen LogP contribution in [0.2, 0.25) is 0 Å². The molecule has 0 unspecified atom stereocenters. The summed E-state index contributed by atoms with van der Waals surface area (Å²) in [7, 11) is -2.97. The average molecular weight is 438 g/mol. The first-order valence-corrected chi connectivity index (χ1v) is 13.5. The third-order valence-corrected chi connectivity index (χ3v) is 9.34. The minimum absolute atomic E-state index is 0.00311. The summed E-state index contributed by atoms with van der Waals surface area (Å²) in [5.41, 5.74) is 2.69. The molecule has 4 nitrogen and oxygen atoms in total. The Labute approximate surface area is 185 Å². The topological polar surface area (TPSA) is 46.6 Å². The van der Waals surface area contributed by atoms with Crippen molar-refractivity contribution >= 4 is 15.5 Å². The van der Waals surface area contributed by atoms with Gasteiger partial charge in [0.15, 0.2) is 9.84 Å². The van der Waals surface area contributed by atoms with Gasteiger partial charge in [-0.1, -0.05) is 45.2 Å². The van der Waals surface area contributed by atoms with E-state index in [9.17, 15) is 8.42 Å². The molecule has 1 aliphatic rings. The lowest BCUT2D eigenvalue weighted by molar-refractivity contribution is -0.0605. The number of benzene rings is 1. The summed E-state index contributed by atoms with van der Waals surface area (Å²) in [6, 6.07) is 9.04. The molecule has 1 aromatic rings. The Balaban J connectivity index is 1.69. The number of hydrogen-bond donors (Lipinski definition) is 0. The lowest BCUT2D eigenvalue weighted by Crippen LogP contribution is -2.51. The Bertz CT molecular complexity index is 731. The molecule has 0 radical (unpaired) electrons. The fourth-order valence-corrected chi connectivity index (χ4v) is 5.27. The van der Waals surface area contributed by atoms with Gasteiger partial charge in [-0.15, -0.1) is 0 Å². The Morgan fingerprint density at radius 1 is 0.967 bits per heavy atom. The summed E-state index contributed by atoms with van der Waals surface area (Å²) in [5.74, 6) is 0.316. The van der Waals surface area contributed by atoms with E-state index in [-0.39, 0.29) is 5.60 Å². The van der Waals surface area contributed by atoms with Gasteiger partial charge in [-0.05, 0) is 70.6 Å². The van der Waals surface area contributed by atoms with E-state index in [1.54, 1.807) is 20.8 Å². The van der Waals surface area contributed by atoms with Crippen LogP contribution in [-0.2, 0) is 21.0 Å². The smallest absolute Gasteiger partial charge is 0.155 e. The fraction of sp³-hybridized carbons (Fsp3) is 0.760. The molecule has 0 aliphatic carbocycles. The van der Waals surface area contributed by atoms with E-state index < -0.39 is 14.6 Å². The van der Waals surface area contributed by atoms with Gasteiger partial charge in [-0.25, -0.2) is 8.42 Å². The third-order valence-electron chi connectivity index (χ3n) is 6.65. The summed E-state index contributed by atoms with van der Waals surface area (Å²) in [4.78, 5) is 2.46. The highest BCUT2D eigenvalue weighted by atomic mass is 32.2. The summed E-state index contributed by atoms with van der Waals surface area (Å²) in [6.45, 7) is 12.6. The van der Waals surface area contributed by atoms with Crippen molar-refractivity contribution in [2.24, 2.45) is 0 Å². The van der Waals surface area contributed by atoms with Crippen molar-refractivity contribution in [3.63, 3.8) is 0 Å². The van der Waals surface area contributed by atoms with Gasteiger partial charge in [-0.2, -0.15) is 0 Å². The third kappa shape index (κ3) is 6.98. The molecule has 5 heteroatoms. The zero-order valence-corrected chi connectivity index (χ0v) is 20.7. The number of rotatable bonds is 11. The maximum absolute atomic E-state index is 12.1. The van der Waals surface area contributed by atoms with Crippen molar-refractivity contribution in [2.45, 2.75) is 96.3 Å². The maximum Gasteiger partial charge on any atom is 0.155 e. The van der Waals surface area contributed by atoms with E-state index in [1.807, 2.05) is 0 Å². The van der Waals surface area contributed by atoms with Gasteiger partial charge in [0, 0.05) is 18.8 Å². The first-order valence-electron chi connectivity index (χ1n) is 11.8. The molecular formula is C25H43NO3S. The minimum atomic E-state index is -2.97. The van der Waals surface area contributed by atoms with Crippen LogP contribution in [0.4, 0.5) is 5.69 Å². The standard InChI is InChI=1S/C25H43NO3S/c1-6-25(7-2)21-26(18-19-29-25)23-16-14-22(15-17-23)13-11-9-8-10-12-20-30(27,28)24(3,4)5/h14-17H,6-13,18-21H2,1-5H3. The van der Waals surface area contributed by atoms with Crippen LogP contribution in [0, 0.1) is 0 Å². The number of hydrogen-bond acceptors (Lipinski definition) is 4. The quantitative estimate of drug-likeness (QED) is 0.411. The summed E-state index contributed by atoms with van der Waals surface area (Å²) in [5, 5.41) is 0. The molecule has 0 bridgehead atoms. The highest BCUT2D eigenvalue weighted by molar-refractivity contribution is 7.92. The summed E-state index contributed by atoms with van der Waals surface area (Å²) < 4.78 is 29.7. The molecule has 1 aliphatic heterocycles. The Kier molecular flexibility index (Phi) is 9.23. The Morgan fingerprint density at radius 2 is 1.57 bits per heavy atom. The van der Waals surface area contributed by atoms with Crippen molar-refractivity contribution in [1.29, 1.82) is 0 Å². The van der Waals surface area contributed by atoms with Crippen molar-refractivity contribution in [1.82, 2.24) is 0 Å². The van der Waals surface area contributed by atoms with Crippen LogP contribution in [-0.4, -0.2) is 44.2 Å². The molecule has 1 fully saturated rings. The molecular weight excluding hydrogens is 394 g/mol. The molecule has 0 atom stereocenters. The van der Waals surface area contributed by atoms with Crippen LogP contribution >= 0.6 is 0 Å². The van der Waals surface area contributed by atoms with Crippen LogP contribution < -0.4 is 4.90 Å². The van der Waals surface area contributed by atoms with E-state index in [4.69, 9.17) is 4.74 Å². The number of sulfone groups is 1. The lowest BCUT2D eigenvalue weighted by Gasteiger charge is -2.43. The molecule has 30 heavy (non-hydrogen) atoms. The van der Waals surface area contributed by atoms with Crippen LogP contribution in [0.25, 0.3) is 0 Å². The van der Waals surface area contributed by atoms with Gasteiger partial charge in [-0.3, -0.25) is 0 Å². The highest BCUT2D eigenvalue weighted by Crippen LogP contribution is 2.29. The average Bonchev–Trinajstić information content (AvgIpc) is 2.72. The van der Waals surface area contributed by atoms with Gasteiger partial charge in [0.05, 0.1) is 22.7 Å². The van der Waals surface area contributed by atoms with Gasteiger partial charge >= 0.3 is 0 Å². The molecule has 2 rings (SSSR count). The summed E-state index contributed by atoms with van der Waals surface area (Å²) >= 11 is 0. The zero-order valence-electron chi connectivity index (χ0n) is 19.9. The molecule has 1 heterocycles. The zero-order chi connectivity index (χ0) is 22.3. The van der Waals surface area contributed by atoms with Crippen LogP contribution in [0.5, 0.6) is 0 Å². The van der Waals surface area contributed by atoms with Crippen molar-refractivity contribution in [3.8, 4) is 0 Å². The van der Waals surface area contributed by atoms with Crippen molar-refractivity contribution in [3.05, 3.63) is 29.8 Å². The van der Waals surface area contributed by atoms with E-state index in [0.29, 0.717) is 5.75 Å². The van der Waals surface area contributed by atoms with Crippen molar-refractivity contribution in [2.75, 3.05) is 30.3 Å². The van der Waals surface area contributed by atoms with Crippen LogP contribution in [0.1, 0.15) is 85.1 Å². The fourth-order valence-electron chi connectivity index (χ4n) is 4.07. The van der Waals surface area contributed by atoms with Crippen LogP contribution in [0.15, 0.2) is 24.3 Å². The molecule has 1 saturated heterocycles. The SMILES string of the molecule is CCC1(CC)CN(c2ccc(CCCCCCCS(=O)(=O)C(C)(C)C)cc2)CCO1. The predicted octanol–water partition coefficient (Wildman–Crippen LogP) is 5.79. The second kappa shape index (κ2) is 11.0. The highest BCUT2D eigenvalue weighted by Gasteiger charge is 2.33. The maximum atomic E-state index is 12.1. The molecule has 172 valence electrons. The number of ether oxygens (including phenoxy) is 1. The van der Waals surface area contributed by atoms with Gasteiger partial charge in [0.2, 0.25) is 0 Å². The normalized spacial score (nSPS) is 17.3. The summed E-state index contributed by atoms with van der Waals surface area (Å²) in [6.07, 6.45) is 8.43. The van der Waals surface area contributed by atoms with Gasteiger partial charge in [0.25, 0.3) is 0 Å². The minimum Gasteiger partial charge on any atom is -0.371 e. The van der Waals surface area contributed by atoms with E-state index in [0.717, 1.165) is 71.1 Å². The number of morpholine rings is 1. The number of unbranched alkanes of at least 4 members (excludes halogenated alkanes) is 4. The Hall–Kier alpha value is -1.07. The largest absolute Gasteiger partial charge is 0.371 e. The van der Waals surface area contributed by atoms with Crippen molar-refractivity contribution < 1.29 is 13.2 Å². The first kappa shape index (κ1) is 25.2. The predicted molar refractivity (Wildman–Crippen MR) is 128 cm³/mol. The molecule has 1 aromatic carbocycles. The first-order chi connectivity index (χ1) is 14.1. The monoisotopic (exact) mass is 437 g/mol. The molecule has 0 amide bonds. The molecule has 0 spiro atoms. The number of anilines is 1. The van der Waals surface area contributed by atoms with Gasteiger partial charge < -0.3 is 9.64 Å².